The average Bonchev–Trinajstić information content (AvgIpc) is 2.60. The van der Waals surface area contributed by atoms with Gasteiger partial charge in [-0.05, 0) is 56.3 Å². The number of rotatable bonds is 9. The van der Waals surface area contributed by atoms with E-state index in [4.69, 9.17) is 4.74 Å². The molecular weight excluding hydrogens is 312 g/mol. The van der Waals surface area contributed by atoms with Gasteiger partial charge in [-0.25, -0.2) is 0 Å². The van der Waals surface area contributed by atoms with Crippen LogP contribution in [0.15, 0.2) is 54.6 Å². The van der Waals surface area contributed by atoms with E-state index in [2.05, 4.69) is 43.4 Å². The lowest BCUT2D eigenvalue weighted by Gasteiger charge is -2.13. The molecule has 0 fully saturated rings. The first kappa shape index (κ1) is 19.0. The predicted molar refractivity (Wildman–Crippen MR) is 103 cm³/mol. The molecule has 0 radical (unpaired) electrons. The SMILES string of the molecule is CC(CC(=O)Nc1ccc(OCCCN(C)C)cc1)c1ccccc1. The van der Waals surface area contributed by atoms with Gasteiger partial charge >= 0.3 is 0 Å². The molecule has 134 valence electrons. The molecule has 0 aromatic heterocycles. The van der Waals surface area contributed by atoms with Crippen LogP contribution in [0.1, 0.15) is 31.2 Å². The Hall–Kier alpha value is -2.33. The van der Waals surface area contributed by atoms with Crippen LogP contribution in [0.3, 0.4) is 0 Å². The second-order valence-corrected chi connectivity index (χ2v) is 6.59. The molecule has 4 heteroatoms. The van der Waals surface area contributed by atoms with Gasteiger partial charge in [0.1, 0.15) is 5.75 Å². The maximum atomic E-state index is 12.2. The van der Waals surface area contributed by atoms with Gasteiger partial charge in [-0.1, -0.05) is 37.3 Å². The van der Waals surface area contributed by atoms with Gasteiger partial charge in [-0.3, -0.25) is 4.79 Å². The summed E-state index contributed by atoms with van der Waals surface area (Å²) in [4.78, 5) is 14.3. The largest absolute Gasteiger partial charge is 0.494 e. The van der Waals surface area contributed by atoms with Crippen molar-refractivity contribution in [1.29, 1.82) is 0 Å². The molecule has 1 amide bonds. The molecule has 2 aromatic carbocycles. The van der Waals surface area contributed by atoms with E-state index >= 15 is 0 Å². The number of benzene rings is 2. The Bertz CT molecular complexity index is 639. The molecule has 0 spiro atoms. The normalized spacial score (nSPS) is 12.0. The number of ether oxygens (including phenoxy) is 1. The molecular formula is C21H28N2O2. The van der Waals surface area contributed by atoms with Gasteiger partial charge in [0.25, 0.3) is 0 Å². The quantitative estimate of drug-likeness (QED) is 0.697. The first-order chi connectivity index (χ1) is 12.0. The van der Waals surface area contributed by atoms with Crippen molar-refractivity contribution in [2.24, 2.45) is 0 Å². The molecule has 2 rings (SSSR count). The fourth-order valence-corrected chi connectivity index (χ4v) is 2.59. The van der Waals surface area contributed by atoms with Crippen LogP contribution in [0, 0.1) is 0 Å². The van der Waals surface area contributed by atoms with Crippen LogP contribution in [0.4, 0.5) is 5.69 Å². The zero-order valence-electron chi connectivity index (χ0n) is 15.4. The van der Waals surface area contributed by atoms with Crippen molar-refractivity contribution in [3.8, 4) is 5.75 Å². The lowest BCUT2D eigenvalue weighted by molar-refractivity contribution is -0.116. The summed E-state index contributed by atoms with van der Waals surface area (Å²) in [5.74, 6) is 1.05. The standard InChI is InChI=1S/C21H28N2O2/c1-17(18-8-5-4-6-9-18)16-21(24)22-19-10-12-20(13-11-19)25-15-7-14-23(2)3/h4-6,8-13,17H,7,14-16H2,1-3H3,(H,22,24). The van der Waals surface area contributed by atoms with Gasteiger partial charge in [-0.2, -0.15) is 0 Å². The topological polar surface area (TPSA) is 41.6 Å². The molecule has 4 nitrogen and oxygen atoms in total. The summed E-state index contributed by atoms with van der Waals surface area (Å²) < 4.78 is 5.70. The van der Waals surface area contributed by atoms with Crippen LogP contribution < -0.4 is 10.1 Å². The second-order valence-electron chi connectivity index (χ2n) is 6.59. The van der Waals surface area contributed by atoms with Crippen molar-refractivity contribution in [3.63, 3.8) is 0 Å². The van der Waals surface area contributed by atoms with Crippen molar-refractivity contribution in [3.05, 3.63) is 60.2 Å². The number of nitrogens with one attached hydrogen (secondary N) is 1. The minimum atomic E-state index is 0.0241. The Kier molecular flexibility index (Phi) is 7.48. The number of carbonyl (C=O) groups is 1. The summed E-state index contributed by atoms with van der Waals surface area (Å²) in [7, 11) is 4.10. The summed E-state index contributed by atoms with van der Waals surface area (Å²) in [6, 6.07) is 17.7. The highest BCUT2D eigenvalue weighted by Crippen LogP contribution is 2.20. The summed E-state index contributed by atoms with van der Waals surface area (Å²) in [5.41, 5.74) is 1.98. The maximum Gasteiger partial charge on any atom is 0.224 e. The van der Waals surface area contributed by atoms with E-state index in [1.165, 1.54) is 5.56 Å². The van der Waals surface area contributed by atoms with Crippen molar-refractivity contribution >= 4 is 11.6 Å². The Morgan fingerprint density at radius 3 is 2.40 bits per heavy atom. The lowest BCUT2D eigenvalue weighted by Crippen LogP contribution is -2.15. The highest BCUT2D eigenvalue weighted by atomic mass is 16.5. The summed E-state index contributed by atoms with van der Waals surface area (Å²) in [6.45, 7) is 3.77. The number of carbonyl (C=O) groups excluding carboxylic acids is 1. The molecule has 25 heavy (non-hydrogen) atoms. The molecule has 0 aliphatic heterocycles. The van der Waals surface area contributed by atoms with Crippen LogP contribution >= 0.6 is 0 Å². The minimum absolute atomic E-state index is 0.0241. The van der Waals surface area contributed by atoms with E-state index in [-0.39, 0.29) is 11.8 Å². The molecule has 0 aliphatic rings. The van der Waals surface area contributed by atoms with Crippen molar-refractivity contribution in [2.75, 3.05) is 32.6 Å². The van der Waals surface area contributed by atoms with Gasteiger partial charge in [0.2, 0.25) is 5.91 Å². The zero-order chi connectivity index (χ0) is 18.1. The monoisotopic (exact) mass is 340 g/mol. The Morgan fingerprint density at radius 1 is 1.08 bits per heavy atom. The van der Waals surface area contributed by atoms with Gasteiger partial charge in [-0.15, -0.1) is 0 Å². The summed E-state index contributed by atoms with van der Waals surface area (Å²) in [5, 5.41) is 2.95. The third-order valence-corrected chi connectivity index (χ3v) is 4.02. The van der Waals surface area contributed by atoms with E-state index in [1.54, 1.807) is 0 Å². The summed E-state index contributed by atoms with van der Waals surface area (Å²) >= 11 is 0. The second kappa shape index (κ2) is 9.84. The van der Waals surface area contributed by atoms with E-state index < -0.39 is 0 Å². The molecule has 0 bridgehead atoms. The molecule has 2 aromatic rings. The van der Waals surface area contributed by atoms with Crippen molar-refractivity contribution < 1.29 is 9.53 Å². The minimum Gasteiger partial charge on any atom is -0.494 e. The first-order valence-electron chi connectivity index (χ1n) is 8.77. The van der Waals surface area contributed by atoms with Crippen LogP contribution in [-0.2, 0) is 4.79 Å². The lowest BCUT2D eigenvalue weighted by atomic mass is 9.97. The third kappa shape index (κ3) is 6.98. The average molecular weight is 340 g/mol. The number of hydrogen-bond donors (Lipinski definition) is 1. The molecule has 0 aliphatic carbocycles. The van der Waals surface area contributed by atoms with Crippen molar-refractivity contribution in [1.82, 2.24) is 4.90 Å². The zero-order valence-corrected chi connectivity index (χ0v) is 15.4. The number of hydrogen-bond acceptors (Lipinski definition) is 3. The first-order valence-corrected chi connectivity index (χ1v) is 8.77. The molecule has 1 N–H and O–H groups in total. The molecule has 0 heterocycles. The fraction of sp³-hybridized carbons (Fsp3) is 0.381. The predicted octanol–water partition coefficient (Wildman–Crippen LogP) is 4.15. The van der Waals surface area contributed by atoms with Gasteiger partial charge < -0.3 is 15.0 Å². The van der Waals surface area contributed by atoms with E-state index in [0.29, 0.717) is 13.0 Å². The number of anilines is 1. The van der Waals surface area contributed by atoms with Crippen LogP contribution in [-0.4, -0.2) is 38.1 Å². The third-order valence-electron chi connectivity index (χ3n) is 4.02. The van der Waals surface area contributed by atoms with E-state index in [1.807, 2.05) is 42.5 Å². The Labute approximate surface area is 150 Å². The molecule has 0 saturated heterocycles. The van der Waals surface area contributed by atoms with E-state index in [9.17, 15) is 4.79 Å². The van der Waals surface area contributed by atoms with Crippen LogP contribution in [0.2, 0.25) is 0 Å². The smallest absolute Gasteiger partial charge is 0.224 e. The fourth-order valence-electron chi connectivity index (χ4n) is 2.59. The highest BCUT2D eigenvalue weighted by molar-refractivity contribution is 5.91. The molecule has 1 atom stereocenters. The van der Waals surface area contributed by atoms with E-state index in [0.717, 1.165) is 24.4 Å². The highest BCUT2D eigenvalue weighted by Gasteiger charge is 2.11. The number of amides is 1. The molecule has 0 saturated carbocycles. The van der Waals surface area contributed by atoms with Crippen LogP contribution in [0.5, 0.6) is 5.75 Å². The van der Waals surface area contributed by atoms with Crippen molar-refractivity contribution in [2.45, 2.75) is 25.7 Å². The van der Waals surface area contributed by atoms with Gasteiger partial charge in [0.05, 0.1) is 6.61 Å². The Morgan fingerprint density at radius 2 is 1.76 bits per heavy atom. The maximum absolute atomic E-state index is 12.2. The molecule has 1 unspecified atom stereocenters. The van der Waals surface area contributed by atoms with Gasteiger partial charge in [0, 0.05) is 18.7 Å². The Balaban J connectivity index is 1.77. The van der Waals surface area contributed by atoms with Gasteiger partial charge in [0.15, 0.2) is 0 Å². The summed E-state index contributed by atoms with van der Waals surface area (Å²) in [6.07, 6.45) is 1.45. The number of nitrogens with zero attached hydrogens (tertiary/aromatic N) is 1. The van der Waals surface area contributed by atoms with Crippen LogP contribution in [0.25, 0.3) is 0 Å².